The van der Waals surface area contributed by atoms with E-state index >= 15 is 0 Å². The van der Waals surface area contributed by atoms with Gasteiger partial charge >= 0.3 is 5.97 Å². The summed E-state index contributed by atoms with van der Waals surface area (Å²) >= 11 is 3.32. The van der Waals surface area contributed by atoms with E-state index < -0.39 is 66.1 Å². The molecule has 2 rings (SSSR count). The molecule has 0 fully saturated rings. The van der Waals surface area contributed by atoms with Crippen LogP contribution in [-0.4, -0.2) is 126 Å². The van der Waals surface area contributed by atoms with Crippen LogP contribution in [0.5, 0.6) is 0 Å². The number of carboxylic acids is 1. The maximum absolute atomic E-state index is 13.2. The fraction of sp³-hybridized carbons (Fsp3) is 0.618. The van der Waals surface area contributed by atoms with Gasteiger partial charge in [0.25, 0.3) is 11.8 Å². The topological polar surface area (TPSA) is 270 Å². The summed E-state index contributed by atoms with van der Waals surface area (Å²) in [6.45, 7) is 18.1. The number of ketones is 1. The molecule has 0 saturated heterocycles. The Kier molecular flexibility index (Phi) is 38.7. The molecule has 0 aromatic heterocycles. The minimum Gasteiger partial charge on any atom is -0.480 e. The van der Waals surface area contributed by atoms with Gasteiger partial charge in [-0.25, -0.2) is 4.79 Å². The van der Waals surface area contributed by atoms with Gasteiger partial charge < -0.3 is 47.6 Å². The molecule has 9 N–H and O–H groups in total. The number of aliphatic carboxylic acids is 1. The number of hydrogen-bond acceptors (Lipinski definition) is 12. The molecular formula is C55H90N8O10S2. The van der Waals surface area contributed by atoms with E-state index in [2.05, 4.69) is 83.4 Å². The van der Waals surface area contributed by atoms with Gasteiger partial charge in [-0.15, -0.1) is 0 Å². The van der Waals surface area contributed by atoms with E-state index in [-0.39, 0.29) is 55.0 Å². The smallest absolute Gasteiger partial charge is 0.326 e. The molecular weight excluding hydrogens is 997 g/mol. The number of rotatable bonds is 34. The van der Waals surface area contributed by atoms with Crippen molar-refractivity contribution in [1.82, 2.24) is 42.5 Å². The Balaban J connectivity index is 0.00000735. The number of hydrogen-bond donors (Lipinski definition) is 9. The maximum Gasteiger partial charge on any atom is 0.326 e. The molecule has 0 heterocycles. The van der Waals surface area contributed by atoms with Crippen LogP contribution >= 0.6 is 23.5 Å². The minimum absolute atomic E-state index is 0.0241. The van der Waals surface area contributed by atoms with Crippen molar-refractivity contribution in [2.45, 2.75) is 164 Å². The standard InChI is InChI=1S/C49H74N8O10S.C3H8S.C3H8/c1-8-33(6)51-27-34-16-20-36(21-17-34)45(62)53-30-43(61)57-44(32(4)5)48(65)52-28-35-18-22-37(23-19-35)46(63)56-38(24-26-68-7)47(64)54-29-42(60)55-39(49(66)67)13-11-12-25-50-41(59)15-10-9-14-40(58)31(2)3;1-3-4-2;1-3-2/h16-23,31-33,38-39,44,51H,8-15,24-30H2,1-7H3,(H,50,59)(H,52,65)(H,53,62)(H,54,64)(H,55,60)(H,56,63)(H,57,61)(H,66,67);3H2,1-2H3;3H2,1-2H3. The first kappa shape index (κ1) is 69.5. The highest BCUT2D eigenvalue weighted by molar-refractivity contribution is 7.98. The normalized spacial score (nSPS) is 12.2. The number of amides is 7. The molecule has 0 aliphatic rings. The van der Waals surface area contributed by atoms with Crippen molar-refractivity contribution in [2.75, 3.05) is 43.7 Å². The van der Waals surface area contributed by atoms with Crippen molar-refractivity contribution >= 4 is 76.6 Å². The third-order valence-corrected chi connectivity index (χ3v) is 12.6. The van der Waals surface area contributed by atoms with E-state index in [0.717, 1.165) is 12.0 Å². The van der Waals surface area contributed by atoms with Crippen LogP contribution in [0.2, 0.25) is 0 Å². The molecule has 0 spiro atoms. The summed E-state index contributed by atoms with van der Waals surface area (Å²) in [5.74, 6) is -3.03. The summed E-state index contributed by atoms with van der Waals surface area (Å²) in [6, 6.07) is 10.7. The number of unbranched alkanes of at least 4 members (excludes halogenated alkanes) is 2. The van der Waals surface area contributed by atoms with Crippen molar-refractivity contribution in [1.29, 1.82) is 0 Å². The Labute approximate surface area is 455 Å². The lowest BCUT2D eigenvalue weighted by molar-refractivity contribution is -0.142. The molecule has 4 unspecified atom stereocenters. The minimum atomic E-state index is -1.24. The van der Waals surface area contributed by atoms with Gasteiger partial charge in [0.2, 0.25) is 29.5 Å². The van der Waals surface area contributed by atoms with Gasteiger partial charge in [-0.3, -0.25) is 38.4 Å². The zero-order valence-electron chi connectivity index (χ0n) is 46.5. The van der Waals surface area contributed by atoms with Crippen LogP contribution in [0.4, 0.5) is 0 Å². The number of nitrogens with one attached hydrogen (secondary N) is 8. The molecule has 7 amide bonds. The SMILES string of the molecule is CCC.CCC(C)NCc1ccc(C(=O)NCC(=O)NC(C(=O)NCc2ccc(C(=O)NC(CCSC)C(=O)NCC(=O)NC(CCCCNC(=O)CCCCC(=O)C(C)C)C(=O)O)cc2)C(C)C)cc1.CCSC. The average Bonchev–Trinajstić information content (AvgIpc) is 3.39. The van der Waals surface area contributed by atoms with Crippen molar-refractivity contribution in [2.24, 2.45) is 11.8 Å². The van der Waals surface area contributed by atoms with Crippen LogP contribution in [-0.2, 0) is 46.7 Å². The molecule has 2 aromatic rings. The molecule has 4 atom stereocenters. The van der Waals surface area contributed by atoms with Gasteiger partial charge in [0.05, 0.1) is 13.1 Å². The van der Waals surface area contributed by atoms with E-state index in [1.165, 1.54) is 36.1 Å². The molecule has 0 saturated carbocycles. The lowest BCUT2D eigenvalue weighted by Crippen LogP contribution is -2.51. The molecule has 0 radical (unpaired) electrons. The highest BCUT2D eigenvalue weighted by Crippen LogP contribution is 2.11. The van der Waals surface area contributed by atoms with Gasteiger partial charge in [0.15, 0.2) is 0 Å². The van der Waals surface area contributed by atoms with Crippen molar-refractivity contribution in [3.63, 3.8) is 0 Å². The van der Waals surface area contributed by atoms with E-state index in [1.807, 2.05) is 44.0 Å². The zero-order valence-corrected chi connectivity index (χ0v) is 48.2. The van der Waals surface area contributed by atoms with Gasteiger partial charge in [-0.05, 0) is 117 Å². The molecule has 20 heteroatoms. The average molecular weight is 1090 g/mol. The third-order valence-electron chi connectivity index (χ3n) is 11.4. The van der Waals surface area contributed by atoms with Crippen LogP contribution in [0.3, 0.4) is 0 Å². The fourth-order valence-electron chi connectivity index (χ4n) is 6.51. The Morgan fingerprint density at radius 3 is 1.64 bits per heavy atom. The quantitative estimate of drug-likeness (QED) is 0.0356. The fourth-order valence-corrected chi connectivity index (χ4v) is 6.98. The Morgan fingerprint density at radius 2 is 1.11 bits per heavy atom. The van der Waals surface area contributed by atoms with Crippen molar-refractivity contribution in [3.8, 4) is 0 Å². The first-order valence-electron chi connectivity index (χ1n) is 26.3. The van der Waals surface area contributed by atoms with Crippen LogP contribution in [0.15, 0.2) is 48.5 Å². The number of carbonyl (C=O) groups excluding carboxylic acids is 8. The summed E-state index contributed by atoms with van der Waals surface area (Å²) in [6.07, 6.45) is 9.43. The molecule has 18 nitrogen and oxygen atoms in total. The summed E-state index contributed by atoms with van der Waals surface area (Å²) in [7, 11) is 0. The summed E-state index contributed by atoms with van der Waals surface area (Å²) in [4.78, 5) is 113. The van der Waals surface area contributed by atoms with Gasteiger partial charge in [0, 0.05) is 55.6 Å². The zero-order chi connectivity index (χ0) is 56.7. The summed E-state index contributed by atoms with van der Waals surface area (Å²) in [5, 5.41) is 31.5. The number of carbonyl (C=O) groups is 9. The second-order valence-electron chi connectivity index (χ2n) is 18.7. The molecule has 2 aromatic carbocycles. The number of Topliss-reactive ketones (excluding diaryl/α,β-unsaturated/α-hetero) is 1. The highest BCUT2D eigenvalue weighted by atomic mass is 32.2. The predicted molar refractivity (Wildman–Crippen MR) is 302 cm³/mol. The van der Waals surface area contributed by atoms with Crippen LogP contribution in [0.25, 0.3) is 0 Å². The predicted octanol–water partition coefficient (Wildman–Crippen LogP) is 6.16. The summed E-state index contributed by atoms with van der Waals surface area (Å²) < 4.78 is 0. The second kappa shape index (κ2) is 41.7. The van der Waals surface area contributed by atoms with Crippen LogP contribution < -0.4 is 42.5 Å². The lowest BCUT2D eigenvalue weighted by atomic mass is 10.0. The van der Waals surface area contributed by atoms with Crippen LogP contribution in [0, 0.1) is 11.8 Å². The molecule has 75 heavy (non-hydrogen) atoms. The highest BCUT2D eigenvalue weighted by Gasteiger charge is 2.26. The molecule has 0 aliphatic heterocycles. The van der Waals surface area contributed by atoms with E-state index in [1.54, 1.807) is 38.1 Å². The monoisotopic (exact) mass is 1090 g/mol. The van der Waals surface area contributed by atoms with Gasteiger partial charge in [0.1, 0.15) is 23.9 Å². The lowest BCUT2D eigenvalue weighted by Gasteiger charge is -2.22. The molecule has 0 aliphatic carbocycles. The van der Waals surface area contributed by atoms with Crippen molar-refractivity contribution in [3.05, 3.63) is 70.8 Å². The largest absolute Gasteiger partial charge is 0.480 e. The third kappa shape index (κ3) is 32.6. The Hall–Kier alpha value is -5.47. The number of benzene rings is 2. The maximum atomic E-state index is 13.2. The molecule has 0 bridgehead atoms. The van der Waals surface area contributed by atoms with E-state index in [4.69, 9.17) is 0 Å². The van der Waals surface area contributed by atoms with E-state index in [0.29, 0.717) is 74.5 Å². The number of thioether (sulfide) groups is 2. The van der Waals surface area contributed by atoms with Crippen LogP contribution in [0.1, 0.15) is 158 Å². The Morgan fingerprint density at radius 1 is 0.560 bits per heavy atom. The Bertz CT molecular complexity index is 2020. The second-order valence-corrected chi connectivity index (χ2v) is 20.9. The first-order valence-corrected chi connectivity index (χ1v) is 29.1. The van der Waals surface area contributed by atoms with Gasteiger partial charge in [-0.2, -0.15) is 23.5 Å². The van der Waals surface area contributed by atoms with Crippen molar-refractivity contribution < 1.29 is 48.3 Å². The van der Waals surface area contributed by atoms with E-state index in [9.17, 15) is 48.3 Å². The molecule has 422 valence electrons. The first-order chi connectivity index (χ1) is 35.7. The summed E-state index contributed by atoms with van der Waals surface area (Å²) in [5.41, 5.74) is 2.33. The number of carboxylic acid groups (broad SMARTS) is 1. The van der Waals surface area contributed by atoms with Gasteiger partial charge in [-0.1, -0.05) is 86.1 Å².